The van der Waals surface area contributed by atoms with Crippen LogP contribution in [0.15, 0.2) is 83.4 Å². The highest BCUT2D eigenvalue weighted by molar-refractivity contribution is 6.34. The van der Waals surface area contributed by atoms with Crippen LogP contribution < -0.4 is 16.4 Å². The van der Waals surface area contributed by atoms with Gasteiger partial charge in [0.2, 0.25) is 11.6 Å². The largest absolute Gasteiger partial charge is 0.493 e. The highest BCUT2D eigenvalue weighted by Crippen LogP contribution is 2.39. The van der Waals surface area contributed by atoms with E-state index in [9.17, 15) is 14.7 Å². The van der Waals surface area contributed by atoms with Gasteiger partial charge in [-0.2, -0.15) is 0 Å². The van der Waals surface area contributed by atoms with E-state index in [2.05, 4.69) is 63.7 Å². The molecule has 3 heterocycles. The maximum absolute atomic E-state index is 12.7. The minimum Gasteiger partial charge on any atom is -0.493 e. The summed E-state index contributed by atoms with van der Waals surface area (Å²) in [6.07, 6.45) is 2.37. The number of aryl methyl sites for hydroxylation is 4. The Kier molecular flexibility index (Phi) is 12.9. The molecule has 1 fully saturated rings. The molecule has 0 atom stereocenters. The SMILES string of the molecule is C1CNNC1.Cc1ccc(-c2cc(C)c(-c3c(O)n4n(c3=O)CCC4)c(Cl)c2)cc1.Cc1ccc(-c2cc(C)c(CC(=C=O)OCl)c(Cl)c2)cc1. The molecule has 8 nitrogen and oxygen atoms in total. The van der Waals surface area contributed by atoms with E-state index in [0.29, 0.717) is 34.3 Å². The predicted octanol–water partition coefficient (Wildman–Crippen LogP) is 8.90. The van der Waals surface area contributed by atoms with E-state index < -0.39 is 0 Å². The Hall–Kier alpha value is -4.27. The van der Waals surface area contributed by atoms with Crippen molar-refractivity contribution in [2.45, 2.75) is 60.0 Å². The maximum atomic E-state index is 12.7. The smallest absolute Gasteiger partial charge is 0.278 e. The molecule has 0 spiro atoms. The van der Waals surface area contributed by atoms with Crippen molar-refractivity contribution >= 4 is 41.0 Å². The number of carbonyl (C=O) groups excluding carboxylic acids is 1. The first kappa shape index (κ1) is 38.0. The maximum Gasteiger partial charge on any atom is 0.278 e. The van der Waals surface area contributed by atoms with Crippen molar-refractivity contribution < 1.29 is 14.2 Å². The lowest BCUT2D eigenvalue weighted by atomic mass is 9.96. The van der Waals surface area contributed by atoms with E-state index >= 15 is 0 Å². The Morgan fingerprint density at radius 1 is 0.745 bits per heavy atom. The Balaban J connectivity index is 0.000000176. The lowest BCUT2D eigenvalue weighted by Gasteiger charge is -2.11. The van der Waals surface area contributed by atoms with Crippen molar-refractivity contribution in [3.05, 3.63) is 127 Å². The molecule has 0 saturated carbocycles. The van der Waals surface area contributed by atoms with Crippen LogP contribution in [0, 0.1) is 27.7 Å². The number of nitrogens with zero attached hydrogens (tertiary/aromatic N) is 2. The van der Waals surface area contributed by atoms with Crippen molar-refractivity contribution in [1.29, 1.82) is 0 Å². The second-order valence-corrected chi connectivity index (χ2v) is 13.7. The van der Waals surface area contributed by atoms with Gasteiger partial charge in [0, 0.05) is 48.2 Å². The van der Waals surface area contributed by atoms with Gasteiger partial charge in [-0.05, 0) is 91.6 Å². The van der Waals surface area contributed by atoms with Crippen molar-refractivity contribution in [1.82, 2.24) is 20.2 Å². The fourth-order valence-corrected chi connectivity index (χ4v) is 6.96. The normalized spacial score (nSPS) is 13.0. The minimum atomic E-state index is -0.178. The third-order valence-electron chi connectivity index (χ3n) is 8.95. The molecule has 3 N–H and O–H groups in total. The molecular formula is C40H41Cl3N4O4. The number of hydrazine groups is 1. The summed E-state index contributed by atoms with van der Waals surface area (Å²) in [7, 11) is 0. The zero-order valence-electron chi connectivity index (χ0n) is 29.1. The third-order valence-corrected chi connectivity index (χ3v) is 9.77. The number of nitrogens with one attached hydrogen (secondary N) is 2. The molecule has 2 aliphatic heterocycles. The first-order valence-corrected chi connectivity index (χ1v) is 17.8. The van der Waals surface area contributed by atoms with Gasteiger partial charge in [-0.25, -0.2) is 9.48 Å². The molecule has 0 bridgehead atoms. The number of fused-ring (bicyclic) bond motifs is 1. The summed E-state index contributed by atoms with van der Waals surface area (Å²) in [6.45, 7) is 11.5. The number of halogens is 3. The van der Waals surface area contributed by atoms with Gasteiger partial charge in [0.1, 0.15) is 17.4 Å². The topological polar surface area (TPSA) is 97.5 Å². The lowest BCUT2D eigenvalue weighted by molar-refractivity contribution is 0.399. The standard InChI is InChI=1S/C20H19ClN2O2.C17H14Cl2O2.C3H8N2/c1-12-4-6-14(7-5-12)15-10-13(2)17(16(21)11-15)18-19(24)22-8-3-9-23(22)20(18)25;1-11-3-5-13(6-4-11)14-7-12(2)16(17(18)8-14)9-15(10-20)21-19;1-2-4-5-3-1/h4-7,10-11,24H,3,8-9H2,1-2H3;3-8H,9H2,1-2H3;4-5H,1-3H2. The zero-order chi connectivity index (χ0) is 36.7. The number of allylic oxidation sites excluding steroid dienone is 1. The van der Waals surface area contributed by atoms with E-state index in [4.69, 9.17) is 35.1 Å². The summed E-state index contributed by atoms with van der Waals surface area (Å²) >= 11 is 18.1. The van der Waals surface area contributed by atoms with Crippen LogP contribution >= 0.6 is 35.1 Å². The molecule has 0 aliphatic carbocycles. The molecule has 1 saturated heterocycles. The van der Waals surface area contributed by atoms with E-state index in [-0.39, 0.29) is 23.6 Å². The van der Waals surface area contributed by atoms with E-state index in [0.717, 1.165) is 58.5 Å². The first-order valence-electron chi connectivity index (χ1n) is 16.8. The van der Waals surface area contributed by atoms with Crippen LogP contribution in [0.5, 0.6) is 5.88 Å². The molecule has 266 valence electrons. The summed E-state index contributed by atoms with van der Waals surface area (Å²) in [5.41, 5.74) is 15.9. The van der Waals surface area contributed by atoms with Gasteiger partial charge >= 0.3 is 0 Å². The number of rotatable bonds is 6. The van der Waals surface area contributed by atoms with Crippen LogP contribution in [0.3, 0.4) is 0 Å². The van der Waals surface area contributed by atoms with Gasteiger partial charge in [-0.1, -0.05) is 95.0 Å². The number of aromatic nitrogens is 2. The quantitative estimate of drug-likeness (QED) is 0.119. The van der Waals surface area contributed by atoms with Crippen molar-refractivity contribution in [3.8, 4) is 39.3 Å². The molecule has 0 radical (unpaired) electrons. The molecule has 1 aromatic heterocycles. The molecule has 2 aliphatic rings. The summed E-state index contributed by atoms with van der Waals surface area (Å²) in [5, 5.41) is 11.6. The molecule has 11 heteroatoms. The minimum absolute atomic E-state index is 0.00980. The summed E-state index contributed by atoms with van der Waals surface area (Å²) < 4.78 is 7.68. The van der Waals surface area contributed by atoms with Crippen LogP contribution in [0.4, 0.5) is 0 Å². The molecule has 51 heavy (non-hydrogen) atoms. The van der Waals surface area contributed by atoms with Crippen molar-refractivity contribution in [2.75, 3.05) is 13.1 Å². The summed E-state index contributed by atoms with van der Waals surface area (Å²) in [4.78, 5) is 23.4. The Morgan fingerprint density at radius 3 is 1.73 bits per heavy atom. The average Bonchev–Trinajstić information content (AvgIpc) is 3.90. The molecular weight excluding hydrogens is 707 g/mol. The van der Waals surface area contributed by atoms with Crippen LogP contribution in [0.1, 0.15) is 40.7 Å². The van der Waals surface area contributed by atoms with Crippen molar-refractivity contribution in [2.24, 2.45) is 0 Å². The fraction of sp³-hybridized carbons (Fsp3) is 0.275. The Morgan fingerprint density at radius 2 is 1.27 bits per heavy atom. The van der Waals surface area contributed by atoms with Gasteiger partial charge in [0.25, 0.3) is 5.56 Å². The van der Waals surface area contributed by atoms with Crippen molar-refractivity contribution in [3.63, 3.8) is 0 Å². The van der Waals surface area contributed by atoms with Gasteiger partial charge < -0.3 is 9.40 Å². The monoisotopic (exact) mass is 746 g/mol. The number of aromatic hydroxyl groups is 1. The van der Waals surface area contributed by atoms with Crippen LogP contribution in [0.25, 0.3) is 33.4 Å². The fourth-order valence-electron chi connectivity index (χ4n) is 6.18. The highest BCUT2D eigenvalue weighted by Gasteiger charge is 2.26. The van der Waals surface area contributed by atoms with E-state index in [1.807, 2.05) is 52.0 Å². The highest BCUT2D eigenvalue weighted by atomic mass is 35.5. The third kappa shape index (κ3) is 8.97. The van der Waals surface area contributed by atoms with Gasteiger partial charge in [-0.15, -0.1) is 0 Å². The Bertz CT molecular complexity index is 2060. The first-order chi connectivity index (χ1) is 24.5. The van der Waals surface area contributed by atoms with Crippen LogP contribution in [0.2, 0.25) is 10.0 Å². The van der Waals surface area contributed by atoms with E-state index in [1.165, 1.54) is 17.5 Å². The van der Waals surface area contributed by atoms with Gasteiger partial charge in [0.15, 0.2) is 5.94 Å². The molecule has 0 unspecified atom stereocenters. The lowest BCUT2D eigenvalue weighted by Crippen LogP contribution is -2.21. The molecule has 7 rings (SSSR count). The number of hydrogen-bond acceptors (Lipinski definition) is 6. The van der Waals surface area contributed by atoms with Crippen LogP contribution in [-0.4, -0.2) is 33.5 Å². The summed E-state index contributed by atoms with van der Waals surface area (Å²) in [6, 6.07) is 24.2. The zero-order valence-corrected chi connectivity index (χ0v) is 31.3. The molecule has 4 aromatic carbocycles. The number of benzene rings is 4. The number of hydrogen-bond donors (Lipinski definition) is 3. The Labute approximate surface area is 313 Å². The predicted molar refractivity (Wildman–Crippen MR) is 207 cm³/mol. The van der Waals surface area contributed by atoms with Gasteiger partial charge in [-0.3, -0.25) is 20.3 Å². The van der Waals surface area contributed by atoms with Crippen LogP contribution in [-0.2, 0) is 28.6 Å². The second kappa shape index (κ2) is 17.3. The molecule has 5 aromatic rings. The van der Waals surface area contributed by atoms with E-state index in [1.54, 1.807) is 15.3 Å². The second-order valence-electron chi connectivity index (χ2n) is 12.7. The molecule has 0 amide bonds. The average molecular weight is 748 g/mol. The summed E-state index contributed by atoms with van der Waals surface area (Å²) in [5.74, 6) is 1.69. The van der Waals surface area contributed by atoms with Gasteiger partial charge in [0.05, 0.1) is 0 Å².